The Morgan fingerprint density at radius 1 is 1.48 bits per heavy atom. The fourth-order valence-electron chi connectivity index (χ4n) is 2.74. The van der Waals surface area contributed by atoms with Crippen molar-refractivity contribution in [3.8, 4) is 23.8 Å². The van der Waals surface area contributed by atoms with Gasteiger partial charge in [-0.2, -0.15) is 11.8 Å². The number of nitrogens with zero attached hydrogens (tertiary/aromatic N) is 2. The van der Waals surface area contributed by atoms with Gasteiger partial charge in [0, 0.05) is 37.7 Å². The number of nitrogens with one attached hydrogen (secondary N) is 1. The summed E-state index contributed by atoms with van der Waals surface area (Å²) in [4.78, 5) is 6.78. The van der Waals surface area contributed by atoms with Crippen molar-refractivity contribution in [2.45, 2.75) is 25.1 Å². The van der Waals surface area contributed by atoms with Gasteiger partial charge in [0.05, 0.1) is 7.11 Å². The first-order valence-electron chi connectivity index (χ1n) is 8.52. The van der Waals surface area contributed by atoms with Crippen molar-refractivity contribution in [2.24, 2.45) is 4.99 Å². The molecule has 0 aromatic heterocycles. The second kappa shape index (κ2) is 10.1. The van der Waals surface area contributed by atoms with Gasteiger partial charge >= 0.3 is 0 Å². The first-order valence-corrected chi connectivity index (χ1v) is 9.57. The van der Waals surface area contributed by atoms with Crippen LogP contribution in [0.3, 0.4) is 0 Å². The van der Waals surface area contributed by atoms with E-state index in [9.17, 15) is 0 Å². The molecule has 6 heteroatoms. The predicted molar refractivity (Wildman–Crippen MR) is 106 cm³/mol. The molecule has 0 bridgehead atoms. The third kappa shape index (κ3) is 5.50. The zero-order valence-electron chi connectivity index (χ0n) is 15.2. The van der Waals surface area contributed by atoms with E-state index in [1.54, 1.807) is 7.11 Å². The van der Waals surface area contributed by atoms with E-state index in [1.807, 2.05) is 25.2 Å². The van der Waals surface area contributed by atoms with Gasteiger partial charge in [-0.15, -0.1) is 6.42 Å². The van der Waals surface area contributed by atoms with Gasteiger partial charge in [-0.25, -0.2) is 0 Å². The summed E-state index contributed by atoms with van der Waals surface area (Å²) in [6.45, 7) is 5.20. The van der Waals surface area contributed by atoms with E-state index in [1.165, 1.54) is 6.42 Å². The number of terminal acetylenes is 1. The maximum absolute atomic E-state index is 5.56. The molecule has 0 aliphatic carbocycles. The molecular weight excluding hydrogens is 334 g/mol. The lowest BCUT2D eigenvalue weighted by Gasteiger charge is -2.34. The third-order valence-electron chi connectivity index (χ3n) is 4.10. The standard InChI is InChI=1S/C19H27N3O2S/c1-5-10-24-18-12-15(7-8-17(18)23-4)13-21-19(20-3)22-9-11-25-16(6-2)14-22/h1,7-8,12,16H,6,9-11,13-14H2,2-4H3,(H,20,21). The van der Waals surface area contributed by atoms with Gasteiger partial charge in [0.15, 0.2) is 17.5 Å². The highest BCUT2D eigenvalue weighted by Gasteiger charge is 2.21. The van der Waals surface area contributed by atoms with Gasteiger partial charge in [0.2, 0.25) is 0 Å². The first-order chi connectivity index (χ1) is 12.2. The molecule has 1 N–H and O–H groups in total. The Kier molecular flexibility index (Phi) is 7.80. The van der Waals surface area contributed by atoms with Crippen molar-refractivity contribution < 1.29 is 9.47 Å². The van der Waals surface area contributed by atoms with Crippen LogP contribution in [0, 0.1) is 12.3 Å². The fraction of sp³-hybridized carbons (Fsp3) is 0.526. The molecule has 25 heavy (non-hydrogen) atoms. The molecule has 1 fully saturated rings. The summed E-state index contributed by atoms with van der Waals surface area (Å²) in [6.07, 6.45) is 6.46. The molecule has 5 nitrogen and oxygen atoms in total. The quantitative estimate of drug-likeness (QED) is 0.479. The van der Waals surface area contributed by atoms with Crippen molar-refractivity contribution in [3.05, 3.63) is 23.8 Å². The van der Waals surface area contributed by atoms with E-state index < -0.39 is 0 Å². The van der Waals surface area contributed by atoms with Gasteiger partial charge in [-0.05, 0) is 24.1 Å². The fourth-order valence-corrected chi connectivity index (χ4v) is 3.92. The SMILES string of the molecule is C#CCOc1cc(CNC(=NC)N2CCSC(CC)C2)ccc1OC. The lowest BCUT2D eigenvalue weighted by Crippen LogP contribution is -2.47. The summed E-state index contributed by atoms with van der Waals surface area (Å²) < 4.78 is 10.9. The molecule has 0 spiro atoms. The molecule has 1 aliphatic heterocycles. The summed E-state index contributed by atoms with van der Waals surface area (Å²) in [6, 6.07) is 5.87. The van der Waals surface area contributed by atoms with Gasteiger partial charge in [0.1, 0.15) is 6.61 Å². The molecule has 136 valence electrons. The first kappa shape index (κ1) is 19.3. The molecule has 1 unspecified atom stereocenters. The van der Waals surface area contributed by atoms with Crippen LogP contribution in [0.25, 0.3) is 0 Å². The van der Waals surface area contributed by atoms with Crippen molar-refractivity contribution in [1.29, 1.82) is 0 Å². The number of hydrogen-bond donors (Lipinski definition) is 1. The Bertz CT molecular complexity index is 628. The van der Waals surface area contributed by atoms with E-state index >= 15 is 0 Å². The van der Waals surface area contributed by atoms with E-state index in [4.69, 9.17) is 15.9 Å². The van der Waals surface area contributed by atoms with E-state index in [2.05, 4.69) is 39.8 Å². The Balaban J connectivity index is 2.00. The molecule has 0 radical (unpaired) electrons. The lowest BCUT2D eigenvalue weighted by atomic mass is 10.2. The largest absolute Gasteiger partial charge is 0.493 e. The molecule has 0 amide bonds. The number of methoxy groups -OCH3 is 1. The number of aliphatic imine (C=N–C) groups is 1. The monoisotopic (exact) mass is 361 g/mol. The zero-order chi connectivity index (χ0) is 18.1. The molecule has 0 saturated carbocycles. The number of thioether (sulfide) groups is 1. The maximum atomic E-state index is 5.56. The minimum Gasteiger partial charge on any atom is -0.493 e. The van der Waals surface area contributed by atoms with Crippen LogP contribution in [0.2, 0.25) is 0 Å². The summed E-state index contributed by atoms with van der Waals surface area (Å²) in [7, 11) is 3.46. The molecule has 1 aromatic carbocycles. The second-order valence-electron chi connectivity index (χ2n) is 5.73. The molecule has 1 heterocycles. The summed E-state index contributed by atoms with van der Waals surface area (Å²) in [5.41, 5.74) is 1.09. The average molecular weight is 362 g/mol. The van der Waals surface area contributed by atoms with Crippen molar-refractivity contribution in [1.82, 2.24) is 10.2 Å². The second-order valence-corrected chi connectivity index (χ2v) is 7.13. The predicted octanol–water partition coefficient (Wildman–Crippen LogP) is 2.61. The Labute approximate surface area is 155 Å². The summed E-state index contributed by atoms with van der Waals surface area (Å²) in [5.74, 6) is 5.91. The normalized spacial score (nSPS) is 17.8. The number of benzene rings is 1. The topological polar surface area (TPSA) is 46.1 Å². The van der Waals surface area contributed by atoms with Crippen LogP contribution in [-0.2, 0) is 6.54 Å². The summed E-state index contributed by atoms with van der Waals surface area (Å²) in [5, 5.41) is 4.13. The van der Waals surface area contributed by atoms with Crippen LogP contribution in [-0.4, -0.2) is 55.7 Å². The lowest BCUT2D eigenvalue weighted by molar-refractivity contribution is 0.330. The number of guanidine groups is 1. The Hall–Kier alpha value is -2.00. The van der Waals surface area contributed by atoms with Crippen LogP contribution >= 0.6 is 11.8 Å². The van der Waals surface area contributed by atoms with Gasteiger partial charge < -0.3 is 19.7 Å². The van der Waals surface area contributed by atoms with E-state index in [0.717, 1.165) is 30.4 Å². The highest BCUT2D eigenvalue weighted by molar-refractivity contribution is 8.00. The minimum absolute atomic E-state index is 0.221. The van der Waals surface area contributed by atoms with Crippen LogP contribution < -0.4 is 14.8 Å². The van der Waals surface area contributed by atoms with Crippen molar-refractivity contribution in [2.75, 3.05) is 39.6 Å². The van der Waals surface area contributed by atoms with Crippen molar-refractivity contribution >= 4 is 17.7 Å². The zero-order valence-corrected chi connectivity index (χ0v) is 16.1. The van der Waals surface area contributed by atoms with Crippen LogP contribution in [0.15, 0.2) is 23.2 Å². The molecule has 1 atom stereocenters. The van der Waals surface area contributed by atoms with E-state index in [-0.39, 0.29) is 6.61 Å². The smallest absolute Gasteiger partial charge is 0.193 e. The molecule has 1 aliphatic rings. The number of rotatable bonds is 6. The van der Waals surface area contributed by atoms with E-state index in [0.29, 0.717) is 23.3 Å². The Morgan fingerprint density at radius 2 is 2.32 bits per heavy atom. The minimum atomic E-state index is 0.221. The summed E-state index contributed by atoms with van der Waals surface area (Å²) >= 11 is 2.05. The van der Waals surface area contributed by atoms with Crippen LogP contribution in [0.5, 0.6) is 11.5 Å². The molecule has 1 saturated heterocycles. The van der Waals surface area contributed by atoms with Gasteiger partial charge in [-0.3, -0.25) is 4.99 Å². The number of ether oxygens (including phenoxy) is 2. The van der Waals surface area contributed by atoms with Gasteiger partial charge in [0.25, 0.3) is 0 Å². The third-order valence-corrected chi connectivity index (χ3v) is 5.47. The van der Waals surface area contributed by atoms with Crippen LogP contribution in [0.1, 0.15) is 18.9 Å². The Morgan fingerprint density at radius 3 is 3.00 bits per heavy atom. The average Bonchev–Trinajstić information content (AvgIpc) is 2.67. The number of hydrogen-bond acceptors (Lipinski definition) is 4. The highest BCUT2D eigenvalue weighted by Crippen LogP contribution is 2.28. The van der Waals surface area contributed by atoms with Gasteiger partial charge in [-0.1, -0.05) is 18.9 Å². The van der Waals surface area contributed by atoms with Crippen molar-refractivity contribution in [3.63, 3.8) is 0 Å². The molecule has 1 aromatic rings. The molecular formula is C19H27N3O2S. The molecule has 2 rings (SSSR count). The van der Waals surface area contributed by atoms with Crippen LogP contribution in [0.4, 0.5) is 0 Å². The maximum Gasteiger partial charge on any atom is 0.193 e. The highest BCUT2D eigenvalue weighted by atomic mass is 32.2.